The summed E-state index contributed by atoms with van der Waals surface area (Å²) in [4.78, 5) is 10.5. The number of unbranched alkanes of at least 4 members (excludes halogenated alkanes) is 2. The van der Waals surface area contributed by atoms with Crippen LogP contribution in [0.5, 0.6) is 0 Å². The first kappa shape index (κ1) is 12.8. The number of allylic oxidation sites excluding steroid dienone is 1. The Kier molecular flexibility index (Phi) is 7.64. The monoisotopic (exact) mass is 194 g/mol. The topological polar surface area (TPSA) is 26.3 Å². The molecular formula is C12H18O2. The van der Waals surface area contributed by atoms with E-state index in [1.54, 1.807) is 12.2 Å². The summed E-state index contributed by atoms with van der Waals surface area (Å²) in [5.41, 5.74) is 0. The molecule has 0 saturated carbocycles. The number of rotatable bonds is 4. The Morgan fingerprint density at radius 3 is 2.86 bits per heavy atom. The molecule has 0 aromatic rings. The van der Waals surface area contributed by atoms with Crippen LogP contribution in [0.1, 0.15) is 40.0 Å². The number of carbonyl (C=O) groups excluding carboxylic acids is 1. The molecule has 78 valence electrons. The molecule has 0 spiro atoms. The molecule has 14 heavy (non-hydrogen) atoms. The lowest BCUT2D eigenvalue weighted by molar-refractivity contribution is -0.143. The Hall–Kier alpha value is -1.23. The molecule has 0 fully saturated rings. The quantitative estimate of drug-likeness (QED) is 0.391. The highest BCUT2D eigenvalue weighted by Gasteiger charge is 1.97. The number of carbonyl (C=O) groups is 1. The zero-order chi connectivity index (χ0) is 10.8. The summed E-state index contributed by atoms with van der Waals surface area (Å²) in [6, 6.07) is 0. The van der Waals surface area contributed by atoms with Crippen molar-refractivity contribution >= 4 is 5.97 Å². The SMILES string of the molecule is CCCCC#C/C=C/[C@@H](C)OC(C)=O. The molecule has 0 heterocycles. The maximum Gasteiger partial charge on any atom is 0.303 e. The van der Waals surface area contributed by atoms with Gasteiger partial charge in [-0.1, -0.05) is 25.2 Å². The van der Waals surface area contributed by atoms with Crippen LogP contribution in [0.15, 0.2) is 12.2 Å². The zero-order valence-electron chi connectivity index (χ0n) is 9.17. The van der Waals surface area contributed by atoms with E-state index < -0.39 is 0 Å². The molecule has 0 aliphatic rings. The molecule has 0 N–H and O–H groups in total. The van der Waals surface area contributed by atoms with Gasteiger partial charge in [-0.15, -0.1) is 0 Å². The van der Waals surface area contributed by atoms with Crippen molar-refractivity contribution in [1.29, 1.82) is 0 Å². The van der Waals surface area contributed by atoms with E-state index in [9.17, 15) is 4.79 Å². The van der Waals surface area contributed by atoms with Crippen LogP contribution >= 0.6 is 0 Å². The van der Waals surface area contributed by atoms with Crippen LogP contribution in [0, 0.1) is 11.8 Å². The lowest BCUT2D eigenvalue weighted by Gasteiger charge is -2.04. The van der Waals surface area contributed by atoms with Gasteiger partial charge in [-0.05, 0) is 25.5 Å². The van der Waals surface area contributed by atoms with E-state index in [0.717, 1.165) is 12.8 Å². The predicted molar refractivity (Wildman–Crippen MR) is 57.7 cm³/mol. The van der Waals surface area contributed by atoms with Crippen molar-refractivity contribution in [2.24, 2.45) is 0 Å². The summed E-state index contributed by atoms with van der Waals surface area (Å²) in [5, 5.41) is 0. The second kappa shape index (κ2) is 8.37. The van der Waals surface area contributed by atoms with E-state index in [1.165, 1.54) is 13.3 Å². The molecule has 0 aliphatic carbocycles. The van der Waals surface area contributed by atoms with Crippen LogP contribution in [-0.2, 0) is 9.53 Å². The normalized spacial score (nSPS) is 11.9. The van der Waals surface area contributed by atoms with Gasteiger partial charge in [0.15, 0.2) is 0 Å². The van der Waals surface area contributed by atoms with Crippen molar-refractivity contribution in [3.05, 3.63) is 12.2 Å². The summed E-state index contributed by atoms with van der Waals surface area (Å²) in [6.07, 6.45) is 6.57. The van der Waals surface area contributed by atoms with Crippen molar-refractivity contribution in [3.8, 4) is 11.8 Å². The molecule has 2 nitrogen and oxygen atoms in total. The van der Waals surface area contributed by atoms with Gasteiger partial charge in [-0.3, -0.25) is 4.79 Å². The standard InChI is InChI=1S/C12H18O2/c1-4-5-6-7-8-9-10-11(2)14-12(3)13/h9-11H,4-6H2,1-3H3/b10-9+/t11-/m1/s1. The molecule has 0 amide bonds. The third-order valence-corrected chi connectivity index (χ3v) is 1.56. The van der Waals surface area contributed by atoms with E-state index in [-0.39, 0.29) is 12.1 Å². The van der Waals surface area contributed by atoms with Crippen LogP contribution in [0.3, 0.4) is 0 Å². The van der Waals surface area contributed by atoms with Crippen molar-refractivity contribution < 1.29 is 9.53 Å². The van der Waals surface area contributed by atoms with Crippen LogP contribution in [0.25, 0.3) is 0 Å². The molecule has 0 aromatic carbocycles. The van der Waals surface area contributed by atoms with E-state index in [0.29, 0.717) is 0 Å². The van der Waals surface area contributed by atoms with E-state index in [4.69, 9.17) is 4.74 Å². The number of hydrogen-bond donors (Lipinski definition) is 0. The first-order valence-corrected chi connectivity index (χ1v) is 4.99. The minimum atomic E-state index is -0.263. The van der Waals surface area contributed by atoms with Crippen LogP contribution in [0.4, 0.5) is 0 Å². The van der Waals surface area contributed by atoms with Crippen LogP contribution in [-0.4, -0.2) is 12.1 Å². The fourth-order valence-electron chi connectivity index (χ4n) is 0.881. The summed E-state index contributed by atoms with van der Waals surface area (Å²) < 4.78 is 4.88. The minimum absolute atomic E-state index is 0.187. The molecule has 0 bridgehead atoms. The number of ether oxygens (including phenoxy) is 1. The summed E-state index contributed by atoms with van der Waals surface area (Å²) in [6.45, 7) is 5.35. The van der Waals surface area contributed by atoms with Gasteiger partial charge in [0.05, 0.1) is 0 Å². The first-order chi connectivity index (χ1) is 6.66. The number of hydrogen-bond acceptors (Lipinski definition) is 2. The third kappa shape index (κ3) is 8.86. The lowest BCUT2D eigenvalue weighted by Crippen LogP contribution is -2.08. The van der Waals surface area contributed by atoms with Gasteiger partial charge >= 0.3 is 5.97 Å². The second-order valence-corrected chi connectivity index (χ2v) is 3.10. The summed E-state index contributed by atoms with van der Waals surface area (Å²) >= 11 is 0. The molecule has 0 radical (unpaired) electrons. The minimum Gasteiger partial charge on any atom is -0.459 e. The molecular weight excluding hydrogens is 176 g/mol. The molecule has 0 rings (SSSR count). The van der Waals surface area contributed by atoms with Crippen LogP contribution in [0.2, 0.25) is 0 Å². The summed E-state index contributed by atoms with van der Waals surface area (Å²) in [5.74, 6) is 5.66. The van der Waals surface area contributed by atoms with Crippen molar-refractivity contribution in [1.82, 2.24) is 0 Å². The van der Waals surface area contributed by atoms with Crippen molar-refractivity contribution in [2.45, 2.75) is 46.1 Å². The van der Waals surface area contributed by atoms with Crippen molar-refractivity contribution in [2.75, 3.05) is 0 Å². The molecule has 0 aliphatic heterocycles. The average Bonchev–Trinajstić information content (AvgIpc) is 2.10. The molecule has 0 unspecified atom stereocenters. The first-order valence-electron chi connectivity index (χ1n) is 4.99. The Balaban J connectivity index is 3.68. The van der Waals surface area contributed by atoms with Gasteiger partial charge in [0.1, 0.15) is 6.10 Å². The van der Waals surface area contributed by atoms with Gasteiger partial charge in [0.25, 0.3) is 0 Å². The lowest BCUT2D eigenvalue weighted by atomic mass is 10.2. The molecule has 2 heteroatoms. The highest BCUT2D eigenvalue weighted by atomic mass is 16.5. The van der Waals surface area contributed by atoms with Gasteiger partial charge < -0.3 is 4.74 Å². The zero-order valence-corrected chi connectivity index (χ0v) is 9.17. The molecule has 1 atom stereocenters. The third-order valence-electron chi connectivity index (χ3n) is 1.56. The average molecular weight is 194 g/mol. The molecule has 0 aromatic heterocycles. The largest absolute Gasteiger partial charge is 0.459 e. The van der Waals surface area contributed by atoms with Crippen LogP contribution < -0.4 is 0 Å². The second-order valence-electron chi connectivity index (χ2n) is 3.10. The van der Waals surface area contributed by atoms with E-state index in [2.05, 4.69) is 18.8 Å². The van der Waals surface area contributed by atoms with Gasteiger partial charge in [-0.2, -0.15) is 0 Å². The Bertz CT molecular complexity index is 243. The smallest absolute Gasteiger partial charge is 0.303 e. The van der Waals surface area contributed by atoms with Crippen molar-refractivity contribution in [3.63, 3.8) is 0 Å². The molecule has 0 saturated heterocycles. The summed E-state index contributed by atoms with van der Waals surface area (Å²) in [7, 11) is 0. The van der Waals surface area contributed by atoms with Gasteiger partial charge in [-0.25, -0.2) is 0 Å². The predicted octanol–water partition coefficient (Wildman–Crippen LogP) is 2.69. The Labute approximate surface area is 86.3 Å². The maximum absolute atomic E-state index is 10.5. The fourth-order valence-corrected chi connectivity index (χ4v) is 0.881. The Morgan fingerprint density at radius 2 is 2.29 bits per heavy atom. The van der Waals surface area contributed by atoms with Gasteiger partial charge in [0.2, 0.25) is 0 Å². The highest BCUT2D eigenvalue weighted by molar-refractivity contribution is 5.66. The Morgan fingerprint density at radius 1 is 1.57 bits per heavy atom. The number of esters is 1. The van der Waals surface area contributed by atoms with Gasteiger partial charge in [0, 0.05) is 13.3 Å². The van der Waals surface area contributed by atoms with E-state index in [1.807, 2.05) is 6.92 Å². The van der Waals surface area contributed by atoms with E-state index >= 15 is 0 Å². The maximum atomic E-state index is 10.5. The fraction of sp³-hybridized carbons (Fsp3) is 0.583. The highest BCUT2D eigenvalue weighted by Crippen LogP contribution is 1.93.